The first-order valence-corrected chi connectivity index (χ1v) is 3.53. The van der Waals surface area contributed by atoms with Gasteiger partial charge < -0.3 is 9.84 Å². The van der Waals surface area contributed by atoms with Crippen molar-refractivity contribution in [1.82, 2.24) is 0 Å². The molecule has 1 heterocycles. The third-order valence-electron chi connectivity index (χ3n) is 1.01. The molecule has 0 aromatic carbocycles. The van der Waals surface area contributed by atoms with Crippen LogP contribution >= 0.6 is 11.3 Å². The predicted octanol–water partition coefficient (Wildman–Crippen LogP) is 2.11. The Morgan fingerprint density at radius 1 is 1.80 bits per heavy atom. The van der Waals surface area contributed by atoms with Gasteiger partial charge in [-0.3, -0.25) is 0 Å². The zero-order valence-corrected chi connectivity index (χ0v) is 6.14. The van der Waals surface area contributed by atoms with E-state index in [0.717, 1.165) is 4.88 Å². The molecule has 0 aliphatic carbocycles. The third-order valence-corrected chi connectivity index (χ3v) is 1.84. The van der Waals surface area contributed by atoms with Crippen LogP contribution in [0.1, 0.15) is 4.88 Å². The third kappa shape index (κ3) is 1.48. The van der Waals surface area contributed by atoms with E-state index in [4.69, 9.17) is 5.11 Å². The molecule has 0 aliphatic rings. The average Bonchev–Trinajstić information content (AvgIpc) is 2.15. The topological polar surface area (TPSA) is 46.5 Å². The minimum Gasteiger partial charge on any atom is -0.449 e. The van der Waals surface area contributed by atoms with Gasteiger partial charge >= 0.3 is 6.16 Å². The fourth-order valence-corrected chi connectivity index (χ4v) is 1.19. The van der Waals surface area contributed by atoms with Crippen LogP contribution in [0.3, 0.4) is 0 Å². The second-order valence-electron chi connectivity index (χ2n) is 1.71. The first-order valence-electron chi connectivity index (χ1n) is 2.65. The highest BCUT2D eigenvalue weighted by Crippen LogP contribution is 2.22. The molecule has 0 bridgehead atoms. The molecule has 54 valence electrons. The number of ether oxygens (including phenoxy) is 1. The zero-order valence-electron chi connectivity index (χ0n) is 5.33. The van der Waals surface area contributed by atoms with E-state index in [2.05, 4.69) is 4.74 Å². The van der Waals surface area contributed by atoms with Gasteiger partial charge in [0.05, 0.1) is 0 Å². The Bertz CT molecular complexity index is 241. The maximum absolute atomic E-state index is 10.0. The summed E-state index contributed by atoms with van der Waals surface area (Å²) in [4.78, 5) is 10.9. The number of aryl methyl sites for hydroxylation is 1. The Hall–Kier alpha value is -1.03. The Balaban J connectivity index is 2.74. The first-order chi connectivity index (χ1) is 4.70. The van der Waals surface area contributed by atoms with Crippen LogP contribution in [-0.2, 0) is 0 Å². The molecule has 1 N–H and O–H groups in total. The van der Waals surface area contributed by atoms with Crippen LogP contribution in [-0.4, -0.2) is 11.3 Å². The SMILES string of the molecule is Cc1sccc1OC(=O)O. The van der Waals surface area contributed by atoms with Crippen molar-refractivity contribution in [1.29, 1.82) is 0 Å². The lowest BCUT2D eigenvalue weighted by Gasteiger charge is -1.94. The van der Waals surface area contributed by atoms with Crippen LogP contribution in [0.15, 0.2) is 11.4 Å². The van der Waals surface area contributed by atoms with Crippen molar-refractivity contribution >= 4 is 17.5 Å². The molecule has 1 rings (SSSR count). The van der Waals surface area contributed by atoms with E-state index in [1.165, 1.54) is 11.3 Å². The summed E-state index contributed by atoms with van der Waals surface area (Å²) < 4.78 is 4.41. The summed E-state index contributed by atoms with van der Waals surface area (Å²) in [5.41, 5.74) is 0. The normalized spacial score (nSPS) is 9.30. The monoisotopic (exact) mass is 158 g/mol. The fourth-order valence-electron chi connectivity index (χ4n) is 0.573. The predicted molar refractivity (Wildman–Crippen MR) is 37.7 cm³/mol. The summed E-state index contributed by atoms with van der Waals surface area (Å²) in [6.45, 7) is 1.81. The number of hydrogen-bond donors (Lipinski definition) is 1. The Morgan fingerprint density at radius 3 is 2.90 bits per heavy atom. The molecule has 0 atom stereocenters. The second-order valence-corrected chi connectivity index (χ2v) is 2.83. The largest absolute Gasteiger partial charge is 0.511 e. The number of carbonyl (C=O) groups is 1. The molecule has 0 fully saturated rings. The van der Waals surface area contributed by atoms with E-state index in [1.807, 2.05) is 6.92 Å². The van der Waals surface area contributed by atoms with Crippen LogP contribution in [0.5, 0.6) is 5.75 Å². The quantitative estimate of drug-likeness (QED) is 0.637. The molecule has 4 heteroatoms. The number of rotatable bonds is 1. The highest BCUT2D eigenvalue weighted by Gasteiger charge is 2.03. The average molecular weight is 158 g/mol. The summed E-state index contributed by atoms with van der Waals surface area (Å²) in [6, 6.07) is 1.63. The summed E-state index contributed by atoms with van der Waals surface area (Å²) >= 11 is 1.46. The molecule has 0 saturated heterocycles. The molecule has 0 saturated carbocycles. The van der Waals surface area contributed by atoms with Crippen LogP contribution in [0.4, 0.5) is 4.79 Å². The summed E-state index contributed by atoms with van der Waals surface area (Å²) in [5.74, 6) is 0.428. The standard InChI is InChI=1S/C6H6O3S/c1-4-5(2-3-10-4)9-6(7)8/h2-3H,1H3,(H,7,8). The van der Waals surface area contributed by atoms with Crippen LogP contribution in [0, 0.1) is 6.92 Å². The minimum absolute atomic E-state index is 0.428. The lowest BCUT2D eigenvalue weighted by Crippen LogP contribution is -2.02. The van der Waals surface area contributed by atoms with Crippen molar-refractivity contribution in [2.45, 2.75) is 6.92 Å². The van der Waals surface area contributed by atoms with Crippen LogP contribution < -0.4 is 4.74 Å². The van der Waals surface area contributed by atoms with E-state index in [1.54, 1.807) is 11.4 Å². The Labute approximate surface area is 61.9 Å². The van der Waals surface area contributed by atoms with Crippen molar-refractivity contribution in [3.05, 3.63) is 16.3 Å². The van der Waals surface area contributed by atoms with Crippen molar-refractivity contribution in [2.75, 3.05) is 0 Å². The van der Waals surface area contributed by atoms with Crippen molar-refractivity contribution in [2.24, 2.45) is 0 Å². The van der Waals surface area contributed by atoms with E-state index in [-0.39, 0.29) is 0 Å². The fraction of sp³-hybridized carbons (Fsp3) is 0.167. The van der Waals surface area contributed by atoms with Gasteiger partial charge in [-0.2, -0.15) is 0 Å². The molecular formula is C6H6O3S. The molecule has 0 aliphatic heterocycles. The lowest BCUT2D eigenvalue weighted by molar-refractivity contribution is 0.144. The molecular weight excluding hydrogens is 152 g/mol. The maximum Gasteiger partial charge on any atom is 0.511 e. The second kappa shape index (κ2) is 2.70. The number of thiophene rings is 1. The van der Waals surface area contributed by atoms with Crippen molar-refractivity contribution in [3.8, 4) is 5.75 Å². The molecule has 0 spiro atoms. The first kappa shape index (κ1) is 7.08. The van der Waals surface area contributed by atoms with E-state index >= 15 is 0 Å². The van der Waals surface area contributed by atoms with Crippen molar-refractivity contribution in [3.63, 3.8) is 0 Å². The van der Waals surface area contributed by atoms with Gasteiger partial charge in [0, 0.05) is 4.88 Å². The molecule has 10 heavy (non-hydrogen) atoms. The van der Waals surface area contributed by atoms with Gasteiger partial charge in [0.1, 0.15) is 5.75 Å². The Kier molecular flexibility index (Phi) is 1.91. The minimum atomic E-state index is -1.26. The van der Waals surface area contributed by atoms with Gasteiger partial charge in [0.15, 0.2) is 0 Å². The van der Waals surface area contributed by atoms with Crippen molar-refractivity contribution < 1.29 is 14.6 Å². The van der Waals surface area contributed by atoms with Gasteiger partial charge in [0.25, 0.3) is 0 Å². The van der Waals surface area contributed by atoms with E-state index in [9.17, 15) is 4.79 Å². The molecule has 0 radical (unpaired) electrons. The van der Waals surface area contributed by atoms with Crippen LogP contribution in [0.2, 0.25) is 0 Å². The molecule has 0 amide bonds. The Morgan fingerprint density at radius 2 is 2.50 bits per heavy atom. The van der Waals surface area contributed by atoms with Crippen LogP contribution in [0.25, 0.3) is 0 Å². The molecule has 1 aromatic heterocycles. The number of hydrogen-bond acceptors (Lipinski definition) is 3. The van der Waals surface area contributed by atoms with E-state index in [0.29, 0.717) is 5.75 Å². The van der Waals surface area contributed by atoms with Gasteiger partial charge in [-0.05, 0) is 18.4 Å². The van der Waals surface area contributed by atoms with Gasteiger partial charge in [-0.25, -0.2) is 4.79 Å². The summed E-state index contributed by atoms with van der Waals surface area (Å²) in [5, 5.41) is 9.98. The molecule has 1 aromatic rings. The number of carboxylic acid groups (broad SMARTS) is 1. The highest BCUT2D eigenvalue weighted by molar-refractivity contribution is 7.10. The van der Waals surface area contributed by atoms with Gasteiger partial charge in [-0.15, -0.1) is 11.3 Å². The molecule has 0 unspecified atom stereocenters. The smallest absolute Gasteiger partial charge is 0.449 e. The lowest BCUT2D eigenvalue weighted by atomic mass is 10.5. The maximum atomic E-state index is 10.0. The van der Waals surface area contributed by atoms with Gasteiger partial charge in [0.2, 0.25) is 0 Å². The molecule has 3 nitrogen and oxygen atoms in total. The summed E-state index contributed by atoms with van der Waals surface area (Å²) in [7, 11) is 0. The van der Waals surface area contributed by atoms with E-state index < -0.39 is 6.16 Å². The summed E-state index contributed by atoms with van der Waals surface area (Å²) in [6.07, 6.45) is -1.26. The highest BCUT2D eigenvalue weighted by atomic mass is 32.1. The van der Waals surface area contributed by atoms with Gasteiger partial charge in [-0.1, -0.05) is 0 Å². The zero-order chi connectivity index (χ0) is 7.56.